The lowest BCUT2D eigenvalue weighted by atomic mass is 10.1. The fourth-order valence-electron chi connectivity index (χ4n) is 1.76. The predicted molar refractivity (Wildman–Crippen MR) is 61.9 cm³/mol. The van der Waals surface area contributed by atoms with Crippen molar-refractivity contribution in [1.29, 1.82) is 0 Å². The van der Waals surface area contributed by atoms with Gasteiger partial charge in [-0.3, -0.25) is 4.68 Å². The van der Waals surface area contributed by atoms with Gasteiger partial charge in [0.05, 0.1) is 18.2 Å². The third kappa shape index (κ3) is 2.17. The minimum atomic E-state index is -0.0288. The molecule has 0 aromatic carbocycles. The lowest BCUT2D eigenvalue weighted by Gasteiger charge is -2.08. The summed E-state index contributed by atoms with van der Waals surface area (Å²) in [6.45, 7) is 2.10. The molecule has 0 spiro atoms. The van der Waals surface area contributed by atoms with Gasteiger partial charge in [-0.25, -0.2) is 0 Å². The Morgan fingerprint density at radius 3 is 2.94 bits per heavy atom. The van der Waals surface area contributed by atoms with E-state index in [9.17, 15) is 0 Å². The third-order valence-corrected chi connectivity index (χ3v) is 2.79. The highest BCUT2D eigenvalue weighted by molar-refractivity contribution is 5.17. The van der Waals surface area contributed by atoms with Gasteiger partial charge >= 0.3 is 0 Å². The summed E-state index contributed by atoms with van der Waals surface area (Å²) < 4.78 is 6.93. The molecule has 0 aliphatic heterocycles. The summed E-state index contributed by atoms with van der Waals surface area (Å²) in [5.74, 6) is 0. The number of nitrogens with zero attached hydrogens (tertiary/aromatic N) is 2. The van der Waals surface area contributed by atoms with Crippen LogP contribution in [0.25, 0.3) is 0 Å². The molecule has 0 aliphatic carbocycles. The molecule has 4 nitrogen and oxygen atoms in total. The van der Waals surface area contributed by atoms with Crippen LogP contribution in [0.2, 0.25) is 0 Å². The molecule has 0 saturated heterocycles. The monoisotopic (exact) mass is 219 g/mol. The zero-order valence-electron chi connectivity index (χ0n) is 9.68. The van der Waals surface area contributed by atoms with Crippen molar-refractivity contribution in [3.05, 3.63) is 41.6 Å². The van der Waals surface area contributed by atoms with Crippen LogP contribution in [0, 0.1) is 0 Å². The quantitative estimate of drug-likeness (QED) is 0.853. The van der Waals surface area contributed by atoms with Gasteiger partial charge in [0.1, 0.15) is 0 Å². The smallest absolute Gasteiger partial charge is 0.0950 e. The molecule has 16 heavy (non-hydrogen) atoms. The Morgan fingerprint density at radius 1 is 1.56 bits per heavy atom. The molecule has 1 atom stereocenters. The van der Waals surface area contributed by atoms with Crippen molar-refractivity contribution in [3.8, 4) is 0 Å². The van der Waals surface area contributed by atoms with E-state index in [1.165, 1.54) is 0 Å². The molecule has 4 heteroatoms. The predicted octanol–water partition coefficient (Wildman–Crippen LogP) is 1.82. The molecule has 2 rings (SSSR count). The number of nitrogens with two attached hydrogens (primary N) is 1. The van der Waals surface area contributed by atoms with Crippen molar-refractivity contribution in [3.63, 3.8) is 0 Å². The number of aryl methyl sites for hydroxylation is 2. The molecule has 2 aromatic heterocycles. The molecule has 2 N–H and O–H groups in total. The minimum Gasteiger partial charge on any atom is -0.472 e. The van der Waals surface area contributed by atoms with Crippen molar-refractivity contribution in [2.24, 2.45) is 12.8 Å². The maximum Gasteiger partial charge on any atom is 0.0950 e. The summed E-state index contributed by atoms with van der Waals surface area (Å²) in [5.41, 5.74) is 9.38. The van der Waals surface area contributed by atoms with Gasteiger partial charge in [-0.15, -0.1) is 0 Å². The van der Waals surface area contributed by atoms with E-state index < -0.39 is 0 Å². The lowest BCUT2D eigenvalue weighted by molar-refractivity contribution is 0.556. The second-order valence-electron chi connectivity index (χ2n) is 3.97. The van der Waals surface area contributed by atoms with E-state index in [0.29, 0.717) is 0 Å². The first-order valence-electron chi connectivity index (χ1n) is 5.50. The highest BCUT2D eigenvalue weighted by Gasteiger charge is 2.11. The van der Waals surface area contributed by atoms with Gasteiger partial charge in [0, 0.05) is 30.8 Å². The molecular weight excluding hydrogens is 202 g/mol. The van der Waals surface area contributed by atoms with Gasteiger partial charge in [-0.1, -0.05) is 6.92 Å². The van der Waals surface area contributed by atoms with E-state index in [1.807, 2.05) is 17.8 Å². The van der Waals surface area contributed by atoms with Gasteiger partial charge in [-0.2, -0.15) is 5.10 Å². The second-order valence-corrected chi connectivity index (χ2v) is 3.97. The van der Waals surface area contributed by atoms with E-state index in [2.05, 4.69) is 18.1 Å². The number of furan rings is 1. The number of rotatable bonds is 4. The van der Waals surface area contributed by atoms with E-state index in [-0.39, 0.29) is 6.04 Å². The average Bonchev–Trinajstić information content (AvgIpc) is 2.88. The van der Waals surface area contributed by atoms with Crippen LogP contribution in [0.15, 0.2) is 29.1 Å². The van der Waals surface area contributed by atoms with Crippen LogP contribution in [-0.4, -0.2) is 9.78 Å². The largest absolute Gasteiger partial charge is 0.472 e. The Kier molecular flexibility index (Phi) is 3.10. The van der Waals surface area contributed by atoms with Crippen LogP contribution >= 0.6 is 0 Å². The SMILES string of the molecule is CCc1cc(CC(N)c2ccoc2)n(C)n1. The van der Waals surface area contributed by atoms with E-state index >= 15 is 0 Å². The molecule has 0 bridgehead atoms. The third-order valence-electron chi connectivity index (χ3n) is 2.79. The first-order chi connectivity index (χ1) is 7.70. The Balaban J connectivity index is 2.11. The van der Waals surface area contributed by atoms with Gasteiger partial charge in [0.2, 0.25) is 0 Å². The Hall–Kier alpha value is -1.55. The molecule has 0 saturated carbocycles. The van der Waals surface area contributed by atoms with Crippen LogP contribution in [0.1, 0.15) is 29.9 Å². The van der Waals surface area contributed by atoms with Gasteiger partial charge in [-0.05, 0) is 18.6 Å². The first kappa shape index (κ1) is 11.0. The van der Waals surface area contributed by atoms with Crippen molar-refractivity contribution in [2.75, 3.05) is 0 Å². The standard InChI is InChI=1S/C12H17N3O/c1-3-10-6-11(15(2)14-10)7-12(13)9-4-5-16-8-9/h4-6,8,12H,3,7,13H2,1-2H3. The van der Waals surface area contributed by atoms with Crippen LogP contribution < -0.4 is 5.73 Å². The van der Waals surface area contributed by atoms with Gasteiger partial charge in [0.25, 0.3) is 0 Å². The molecular formula is C12H17N3O. The maximum absolute atomic E-state index is 6.09. The normalized spacial score (nSPS) is 12.9. The van der Waals surface area contributed by atoms with Crippen molar-refractivity contribution in [1.82, 2.24) is 9.78 Å². The second kappa shape index (κ2) is 4.53. The maximum atomic E-state index is 6.09. The van der Waals surface area contributed by atoms with Crippen LogP contribution in [0.3, 0.4) is 0 Å². The van der Waals surface area contributed by atoms with Crippen molar-refractivity contribution in [2.45, 2.75) is 25.8 Å². The summed E-state index contributed by atoms with van der Waals surface area (Å²) in [5, 5.41) is 4.40. The van der Waals surface area contributed by atoms with Gasteiger partial charge < -0.3 is 10.2 Å². The molecule has 1 unspecified atom stereocenters. The summed E-state index contributed by atoms with van der Waals surface area (Å²) in [7, 11) is 1.95. The van der Waals surface area contributed by atoms with E-state index in [0.717, 1.165) is 29.8 Å². The molecule has 0 radical (unpaired) electrons. The summed E-state index contributed by atoms with van der Waals surface area (Å²) >= 11 is 0. The molecule has 0 fully saturated rings. The molecule has 2 heterocycles. The Bertz CT molecular complexity index is 445. The molecule has 2 aromatic rings. The Morgan fingerprint density at radius 2 is 2.38 bits per heavy atom. The fraction of sp³-hybridized carbons (Fsp3) is 0.417. The van der Waals surface area contributed by atoms with E-state index in [4.69, 9.17) is 10.2 Å². The molecule has 86 valence electrons. The highest BCUT2D eigenvalue weighted by Crippen LogP contribution is 2.16. The van der Waals surface area contributed by atoms with E-state index in [1.54, 1.807) is 12.5 Å². The fourth-order valence-corrected chi connectivity index (χ4v) is 1.76. The average molecular weight is 219 g/mol. The number of aromatic nitrogens is 2. The highest BCUT2D eigenvalue weighted by atomic mass is 16.3. The lowest BCUT2D eigenvalue weighted by Crippen LogP contribution is -2.14. The van der Waals surface area contributed by atoms with Crippen LogP contribution in [-0.2, 0) is 19.9 Å². The van der Waals surface area contributed by atoms with Crippen molar-refractivity contribution >= 4 is 0 Å². The zero-order valence-corrected chi connectivity index (χ0v) is 9.68. The number of hydrogen-bond acceptors (Lipinski definition) is 3. The summed E-state index contributed by atoms with van der Waals surface area (Å²) in [6, 6.07) is 3.99. The molecule has 0 amide bonds. The van der Waals surface area contributed by atoms with Gasteiger partial charge in [0.15, 0.2) is 0 Å². The minimum absolute atomic E-state index is 0.0288. The first-order valence-corrected chi connectivity index (χ1v) is 5.50. The molecule has 0 aliphatic rings. The van der Waals surface area contributed by atoms with Crippen LogP contribution in [0.4, 0.5) is 0 Å². The summed E-state index contributed by atoms with van der Waals surface area (Å²) in [6.07, 6.45) is 5.08. The zero-order chi connectivity index (χ0) is 11.5. The number of hydrogen-bond donors (Lipinski definition) is 1. The Labute approximate surface area is 95.1 Å². The van der Waals surface area contributed by atoms with Crippen LogP contribution in [0.5, 0.6) is 0 Å². The summed E-state index contributed by atoms with van der Waals surface area (Å²) in [4.78, 5) is 0. The van der Waals surface area contributed by atoms with Crippen molar-refractivity contribution < 1.29 is 4.42 Å². The topological polar surface area (TPSA) is 57.0 Å².